The van der Waals surface area contributed by atoms with E-state index in [1.165, 1.54) is 0 Å². The number of carboxylic acid groups (broad SMARTS) is 1. The number of rotatable bonds is 2. The predicted molar refractivity (Wildman–Crippen MR) is 58.7 cm³/mol. The Balaban J connectivity index is 1.95. The van der Waals surface area contributed by atoms with Crippen LogP contribution in [0, 0.1) is 0 Å². The molecule has 0 aromatic carbocycles. The zero-order valence-corrected chi connectivity index (χ0v) is 9.63. The van der Waals surface area contributed by atoms with Gasteiger partial charge in [-0.25, -0.2) is 9.59 Å². The van der Waals surface area contributed by atoms with Crippen LogP contribution in [0.3, 0.4) is 0 Å². The number of urea groups is 1. The van der Waals surface area contributed by atoms with Crippen LogP contribution in [-0.2, 0) is 9.59 Å². The first kappa shape index (κ1) is 12.6. The van der Waals surface area contributed by atoms with Gasteiger partial charge in [-0.15, -0.1) is 0 Å². The Labute approximate surface area is 103 Å². The Morgan fingerprint density at radius 3 is 2.72 bits per heavy atom. The summed E-state index contributed by atoms with van der Waals surface area (Å²) in [6.07, 6.45) is -0.593. The summed E-state index contributed by atoms with van der Waals surface area (Å²) in [4.78, 5) is 34.9. The Kier molecular flexibility index (Phi) is 3.37. The van der Waals surface area contributed by atoms with Gasteiger partial charge >= 0.3 is 12.0 Å². The minimum atomic E-state index is -1.14. The maximum atomic E-state index is 11.9. The number of likely N-dealkylation sites (tertiary alicyclic amines) is 1. The summed E-state index contributed by atoms with van der Waals surface area (Å²) in [5.74, 6) is -1.28. The van der Waals surface area contributed by atoms with Crippen molar-refractivity contribution in [3.05, 3.63) is 0 Å². The lowest BCUT2D eigenvalue weighted by molar-refractivity contribution is -0.141. The Morgan fingerprint density at radius 1 is 1.44 bits per heavy atom. The molecule has 8 heteroatoms. The van der Waals surface area contributed by atoms with Crippen molar-refractivity contribution in [1.29, 1.82) is 0 Å². The van der Waals surface area contributed by atoms with Crippen LogP contribution in [-0.4, -0.2) is 64.3 Å². The van der Waals surface area contributed by atoms with Gasteiger partial charge in [0.15, 0.2) is 0 Å². The monoisotopic (exact) mass is 257 g/mol. The highest BCUT2D eigenvalue weighted by molar-refractivity contribution is 5.85. The summed E-state index contributed by atoms with van der Waals surface area (Å²) in [5.41, 5.74) is 0. The fraction of sp³-hybridized carbons (Fsp3) is 0.700. The summed E-state index contributed by atoms with van der Waals surface area (Å²) >= 11 is 0. The summed E-state index contributed by atoms with van der Waals surface area (Å²) in [7, 11) is 0. The molecule has 1 unspecified atom stereocenters. The molecule has 2 rings (SSSR count). The highest BCUT2D eigenvalue weighted by Gasteiger charge is 2.39. The molecule has 100 valence electrons. The van der Waals surface area contributed by atoms with E-state index >= 15 is 0 Å². The number of nitrogens with one attached hydrogen (secondary N) is 2. The lowest BCUT2D eigenvalue weighted by Crippen LogP contribution is -2.49. The Morgan fingerprint density at radius 2 is 2.17 bits per heavy atom. The lowest BCUT2D eigenvalue weighted by Gasteiger charge is -2.23. The molecular formula is C10H15N3O5. The fourth-order valence-electron chi connectivity index (χ4n) is 2.24. The number of carbonyl (C=O) groups is 3. The predicted octanol–water partition coefficient (Wildman–Crippen LogP) is -1.90. The average Bonchev–Trinajstić information content (AvgIpc) is 2.85. The van der Waals surface area contributed by atoms with E-state index in [-0.39, 0.29) is 31.3 Å². The van der Waals surface area contributed by atoms with Gasteiger partial charge in [0.25, 0.3) is 0 Å². The molecule has 0 saturated carbocycles. The number of β-amino-alcohol motifs (C(OH)–C–C–N with tert-alkyl or cyclic N) is 1. The third-order valence-electron chi connectivity index (χ3n) is 3.13. The summed E-state index contributed by atoms with van der Waals surface area (Å²) < 4.78 is 0. The number of amides is 3. The number of nitrogens with zero attached hydrogens (tertiary/aromatic N) is 1. The van der Waals surface area contributed by atoms with Crippen LogP contribution in [0.1, 0.15) is 12.8 Å². The molecule has 0 aliphatic carbocycles. The van der Waals surface area contributed by atoms with E-state index in [0.29, 0.717) is 6.54 Å². The van der Waals surface area contributed by atoms with Crippen LogP contribution in [0.15, 0.2) is 0 Å². The van der Waals surface area contributed by atoms with Crippen molar-refractivity contribution in [1.82, 2.24) is 15.5 Å². The second-order valence-electron chi connectivity index (χ2n) is 4.55. The van der Waals surface area contributed by atoms with Gasteiger partial charge in [0.2, 0.25) is 5.91 Å². The summed E-state index contributed by atoms with van der Waals surface area (Å²) in [5, 5.41) is 23.5. The molecule has 3 amide bonds. The minimum absolute atomic E-state index is 0.00308. The van der Waals surface area contributed by atoms with Crippen molar-refractivity contribution in [3.63, 3.8) is 0 Å². The largest absolute Gasteiger partial charge is 0.480 e. The molecule has 0 spiro atoms. The van der Waals surface area contributed by atoms with Gasteiger partial charge < -0.3 is 25.7 Å². The molecule has 0 bridgehead atoms. The molecule has 8 nitrogen and oxygen atoms in total. The Hall–Kier alpha value is -1.83. The van der Waals surface area contributed by atoms with Crippen LogP contribution >= 0.6 is 0 Å². The number of hydrogen-bond acceptors (Lipinski definition) is 4. The van der Waals surface area contributed by atoms with E-state index in [2.05, 4.69) is 10.6 Å². The number of hydrogen-bond donors (Lipinski definition) is 4. The van der Waals surface area contributed by atoms with Crippen LogP contribution < -0.4 is 10.6 Å². The van der Waals surface area contributed by atoms with Crippen LogP contribution in [0.2, 0.25) is 0 Å². The van der Waals surface area contributed by atoms with Crippen LogP contribution in [0.5, 0.6) is 0 Å². The molecule has 0 aromatic heterocycles. The molecular weight excluding hydrogens is 242 g/mol. The van der Waals surface area contributed by atoms with Crippen molar-refractivity contribution < 1.29 is 24.6 Å². The molecule has 0 aromatic rings. The first-order chi connectivity index (χ1) is 8.47. The van der Waals surface area contributed by atoms with Crippen molar-refractivity contribution in [2.45, 2.75) is 31.0 Å². The van der Waals surface area contributed by atoms with Crippen molar-refractivity contribution in [2.75, 3.05) is 13.1 Å². The number of carbonyl (C=O) groups excluding carboxylic acids is 2. The highest BCUT2D eigenvalue weighted by atomic mass is 16.4. The third kappa shape index (κ3) is 2.53. The standard InChI is InChI=1S/C10H15N3O5/c14-6-2-7(9(16)17)13(4-6)10(18)12-5-1-8(15)11-3-5/h5-7,14H,1-4H2,(H,11,15)(H,12,18)(H,16,17)/t5?,6-,7-/m0/s1. The minimum Gasteiger partial charge on any atom is -0.480 e. The van der Waals surface area contributed by atoms with Gasteiger partial charge in [0, 0.05) is 25.9 Å². The van der Waals surface area contributed by atoms with E-state index in [1.54, 1.807) is 0 Å². The molecule has 2 heterocycles. The second-order valence-corrected chi connectivity index (χ2v) is 4.55. The van der Waals surface area contributed by atoms with Crippen molar-refractivity contribution in [2.24, 2.45) is 0 Å². The van der Waals surface area contributed by atoms with E-state index < -0.39 is 24.1 Å². The average molecular weight is 257 g/mol. The number of aliphatic hydroxyl groups is 1. The highest BCUT2D eigenvalue weighted by Crippen LogP contribution is 2.18. The quantitative estimate of drug-likeness (QED) is 0.461. The first-order valence-electron chi connectivity index (χ1n) is 5.72. The molecule has 2 fully saturated rings. The SMILES string of the molecule is O=C1CC(NC(=O)N2C[C@@H](O)C[C@H]2C(=O)O)CN1. The maximum Gasteiger partial charge on any atom is 0.326 e. The maximum absolute atomic E-state index is 11.9. The topological polar surface area (TPSA) is 119 Å². The molecule has 2 aliphatic rings. The molecule has 18 heavy (non-hydrogen) atoms. The smallest absolute Gasteiger partial charge is 0.326 e. The van der Waals surface area contributed by atoms with Gasteiger partial charge in [0.1, 0.15) is 6.04 Å². The summed E-state index contributed by atoms with van der Waals surface area (Å²) in [6, 6.07) is -1.89. The molecule has 4 N–H and O–H groups in total. The van der Waals surface area contributed by atoms with Gasteiger partial charge in [-0.3, -0.25) is 4.79 Å². The van der Waals surface area contributed by atoms with E-state index in [4.69, 9.17) is 5.11 Å². The van der Waals surface area contributed by atoms with Crippen molar-refractivity contribution in [3.8, 4) is 0 Å². The number of aliphatic hydroxyl groups excluding tert-OH is 1. The Bertz CT molecular complexity index is 386. The van der Waals surface area contributed by atoms with Gasteiger partial charge in [-0.1, -0.05) is 0 Å². The number of carboxylic acids is 1. The molecule has 3 atom stereocenters. The number of aliphatic carboxylic acids is 1. The van der Waals surface area contributed by atoms with Crippen LogP contribution in [0.4, 0.5) is 4.79 Å². The van der Waals surface area contributed by atoms with Crippen molar-refractivity contribution >= 4 is 17.9 Å². The lowest BCUT2D eigenvalue weighted by atomic mass is 10.2. The first-order valence-corrected chi connectivity index (χ1v) is 5.72. The van der Waals surface area contributed by atoms with Gasteiger partial charge in [-0.2, -0.15) is 0 Å². The fourth-order valence-corrected chi connectivity index (χ4v) is 2.24. The van der Waals surface area contributed by atoms with E-state index in [9.17, 15) is 19.5 Å². The second kappa shape index (κ2) is 4.81. The third-order valence-corrected chi connectivity index (χ3v) is 3.13. The zero-order chi connectivity index (χ0) is 13.3. The van der Waals surface area contributed by atoms with Gasteiger partial charge in [0.05, 0.1) is 12.1 Å². The van der Waals surface area contributed by atoms with Gasteiger partial charge in [-0.05, 0) is 0 Å². The molecule has 2 saturated heterocycles. The van der Waals surface area contributed by atoms with E-state index in [0.717, 1.165) is 4.90 Å². The normalized spacial score (nSPS) is 31.3. The van der Waals surface area contributed by atoms with E-state index in [1.807, 2.05) is 0 Å². The van der Waals surface area contributed by atoms with Crippen LogP contribution in [0.25, 0.3) is 0 Å². The molecule has 2 aliphatic heterocycles. The molecule has 0 radical (unpaired) electrons. The zero-order valence-electron chi connectivity index (χ0n) is 9.63. The summed E-state index contributed by atoms with van der Waals surface area (Å²) in [6.45, 7) is 0.343.